The van der Waals surface area contributed by atoms with Gasteiger partial charge in [-0.2, -0.15) is 5.26 Å². The van der Waals surface area contributed by atoms with E-state index in [4.69, 9.17) is 26.1 Å². The number of amides is 1. The van der Waals surface area contributed by atoms with Crippen LogP contribution in [0.1, 0.15) is 62.5 Å². The third-order valence-corrected chi connectivity index (χ3v) is 7.61. The summed E-state index contributed by atoms with van der Waals surface area (Å²) in [4.78, 5) is 37.7. The first-order valence-corrected chi connectivity index (χ1v) is 15.7. The average Bonchev–Trinajstić information content (AvgIpc) is 3.70. The molecule has 1 fully saturated rings. The molecule has 0 bridgehead atoms. The van der Waals surface area contributed by atoms with Crippen molar-refractivity contribution in [1.29, 1.82) is 5.26 Å². The van der Waals surface area contributed by atoms with E-state index in [0.29, 0.717) is 34.4 Å². The van der Waals surface area contributed by atoms with Gasteiger partial charge >= 0.3 is 13.9 Å². The summed E-state index contributed by atoms with van der Waals surface area (Å²) in [5, 5.41) is 22.3. The summed E-state index contributed by atoms with van der Waals surface area (Å²) in [5.41, 5.74) is 1.74. The smallest absolute Gasteiger partial charge is 0.421 e. The van der Waals surface area contributed by atoms with Gasteiger partial charge in [0.2, 0.25) is 6.79 Å². The number of carbonyl (C=O) groups is 1. The molecule has 1 aliphatic carbocycles. The molecule has 2 aromatic heterocycles. The predicted molar refractivity (Wildman–Crippen MR) is 163 cm³/mol. The first-order chi connectivity index (χ1) is 21.2. The molecule has 0 radical (unpaired) electrons. The number of phosphoric acid groups is 1. The number of phosphoric ester groups is 1. The number of fused-ring (bicyclic) bond motifs is 1. The van der Waals surface area contributed by atoms with E-state index in [0.717, 1.165) is 17.7 Å². The lowest BCUT2D eigenvalue weighted by molar-refractivity contribution is 0.0427. The largest absolute Gasteiger partial charge is 0.472 e. The number of nitrogens with one attached hydrogen (secondary N) is 1. The van der Waals surface area contributed by atoms with E-state index in [-0.39, 0.29) is 27.7 Å². The molecule has 3 N–H and O–H groups in total. The number of nitriles is 1. The van der Waals surface area contributed by atoms with Gasteiger partial charge in [-0.05, 0) is 48.1 Å². The van der Waals surface area contributed by atoms with Gasteiger partial charge in [-0.3, -0.25) is 9.88 Å². The van der Waals surface area contributed by atoms with Crippen LogP contribution >= 0.6 is 19.4 Å². The summed E-state index contributed by atoms with van der Waals surface area (Å²) < 4.78 is 36.6. The van der Waals surface area contributed by atoms with Gasteiger partial charge in [0.15, 0.2) is 0 Å². The molecule has 4 aromatic rings. The van der Waals surface area contributed by atoms with Crippen LogP contribution in [0, 0.1) is 22.6 Å². The molecule has 236 valence electrons. The Morgan fingerprint density at radius 3 is 2.62 bits per heavy atom. The lowest BCUT2D eigenvalue weighted by atomic mass is 9.96. The van der Waals surface area contributed by atoms with E-state index in [2.05, 4.69) is 31.2 Å². The quantitative estimate of drug-likeness (QED) is 0.133. The van der Waals surface area contributed by atoms with Crippen molar-refractivity contribution in [3.8, 4) is 6.07 Å². The number of pyridine rings is 1. The highest BCUT2D eigenvalue weighted by Gasteiger charge is 2.35. The second kappa shape index (κ2) is 12.7. The second-order valence-electron chi connectivity index (χ2n) is 11.7. The minimum atomic E-state index is -4.98. The van der Waals surface area contributed by atoms with Crippen molar-refractivity contribution in [3.63, 3.8) is 0 Å². The van der Waals surface area contributed by atoms with Crippen LogP contribution in [0.3, 0.4) is 0 Å². The number of anilines is 2. The normalized spacial score (nSPS) is 14.2. The predicted octanol–water partition coefficient (Wildman–Crippen LogP) is 6.08. The van der Waals surface area contributed by atoms with E-state index in [1.165, 1.54) is 36.5 Å². The highest BCUT2D eigenvalue weighted by atomic mass is 35.5. The molecular formula is C29H30ClFN7O6P. The molecule has 1 saturated carbocycles. The van der Waals surface area contributed by atoms with Gasteiger partial charge in [0.1, 0.15) is 23.6 Å². The number of carbonyl (C=O) groups excluding carboxylic acids is 1. The zero-order chi connectivity index (χ0) is 32.5. The highest BCUT2D eigenvalue weighted by molar-refractivity contribution is 7.46. The van der Waals surface area contributed by atoms with Crippen LogP contribution in [-0.2, 0) is 13.8 Å². The van der Waals surface area contributed by atoms with Crippen LogP contribution < -0.4 is 10.2 Å². The Morgan fingerprint density at radius 2 is 2.00 bits per heavy atom. The number of halogens is 2. The van der Waals surface area contributed by atoms with Crippen LogP contribution in [0.15, 0.2) is 48.8 Å². The molecule has 13 nitrogen and oxygen atoms in total. The Labute approximate surface area is 262 Å². The van der Waals surface area contributed by atoms with Gasteiger partial charge in [-0.1, -0.05) is 49.7 Å². The fourth-order valence-electron chi connectivity index (χ4n) is 4.62. The Balaban J connectivity index is 1.70. The van der Waals surface area contributed by atoms with Gasteiger partial charge in [-0.15, -0.1) is 5.10 Å². The fourth-order valence-corrected chi connectivity index (χ4v) is 5.07. The number of benzene rings is 2. The second-order valence-corrected chi connectivity index (χ2v) is 13.4. The van der Waals surface area contributed by atoms with Gasteiger partial charge in [0.05, 0.1) is 39.7 Å². The summed E-state index contributed by atoms with van der Waals surface area (Å²) in [5.74, 6) is -0.512. The first-order valence-electron chi connectivity index (χ1n) is 13.8. The van der Waals surface area contributed by atoms with Crippen molar-refractivity contribution in [2.24, 2.45) is 5.41 Å². The molecule has 2 aromatic carbocycles. The summed E-state index contributed by atoms with van der Waals surface area (Å²) in [6, 6.07) is 9.64. The number of hydrogen-bond donors (Lipinski definition) is 3. The third kappa shape index (κ3) is 7.76. The van der Waals surface area contributed by atoms with Crippen molar-refractivity contribution >= 4 is 47.8 Å². The molecule has 0 aliphatic heterocycles. The minimum Gasteiger partial charge on any atom is -0.421 e. The number of hydrogen-bond acceptors (Lipinski definition) is 9. The molecule has 16 heteroatoms. The lowest BCUT2D eigenvalue weighted by Crippen LogP contribution is -2.37. The van der Waals surface area contributed by atoms with Crippen molar-refractivity contribution in [2.45, 2.75) is 45.7 Å². The minimum absolute atomic E-state index is 0.134. The average molecular weight is 658 g/mol. The van der Waals surface area contributed by atoms with E-state index < -0.39 is 32.6 Å². The van der Waals surface area contributed by atoms with E-state index in [1.54, 1.807) is 16.9 Å². The summed E-state index contributed by atoms with van der Waals surface area (Å²) in [6.07, 6.45) is 3.81. The summed E-state index contributed by atoms with van der Waals surface area (Å²) in [7, 11) is -4.98. The highest BCUT2D eigenvalue weighted by Crippen LogP contribution is 2.41. The zero-order valence-corrected chi connectivity index (χ0v) is 26.2. The monoisotopic (exact) mass is 657 g/mol. The van der Waals surface area contributed by atoms with Crippen LogP contribution in [0.4, 0.5) is 20.6 Å². The van der Waals surface area contributed by atoms with Gasteiger partial charge in [0.25, 0.3) is 0 Å². The third-order valence-electron chi connectivity index (χ3n) is 6.88. The molecule has 1 unspecified atom stereocenters. The molecule has 1 amide bonds. The van der Waals surface area contributed by atoms with Crippen molar-refractivity contribution < 1.29 is 32.8 Å². The Bertz CT molecular complexity index is 1810. The summed E-state index contributed by atoms with van der Waals surface area (Å²) >= 11 is 6.74. The SMILES string of the molecule is CC(C)(C)CNc1c(C#N)cnc2c(Cl)cc(N(C(=O)OCOP(=O)(O)O)C(c3ccc(F)cc3)c3cn(C4CC4)nn3)cc12. The van der Waals surface area contributed by atoms with Crippen LogP contribution in [0.2, 0.25) is 5.02 Å². The van der Waals surface area contributed by atoms with Crippen molar-refractivity contribution in [1.82, 2.24) is 20.0 Å². The standard InChI is InChI=1S/C29H30ClFN7O6P/c1-29(2,3)15-34-25-18(12-32)13-33-26-22(25)10-21(11-23(26)30)38(28(39)43-16-44-45(40,41)42)27(17-4-6-19(31)7-5-17)24-14-37(36-35-24)20-8-9-20/h4-7,10-11,13-14,20,27H,8-9,15-16H2,1-3H3,(H,33,34)(H2,40,41,42). The maximum absolute atomic E-state index is 14.0. The number of aromatic nitrogens is 4. The Hall–Kier alpha value is -4.12. The van der Waals surface area contributed by atoms with Crippen molar-refractivity contribution in [3.05, 3.63) is 76.5 Å². The Kier molecular flexibility index (Phi) is 9.11. The first kappa shape index (κ1) is 32.3. The number of ether oxygens (including phenoxy) is 1. The van der Waals surface area contributed by atoms with Gasteiger partial charge in [0, 0.05) is 18.1 Å². The lowest BCUT2D eigenvalue weighted by Gasteiger charge is -2.31. The molecule has 1 atom stereocenters. The molecule has 0 spiro atoms. The van der Waals surface area contributed by atoms with E-state index in [1.807, 2.05) is 20.8 Å². The molecule has 5 rings (SSSR count). The van der Waals surface area contributed by atoms with Crippen molar-refractivity contribution in [2.75, 3.05) is 23.6 Å². The topological polar surface area (TPSA) is 176 Å². The maximum Gasteiger partial charge on any atom is 0.472 e. The maximum atomic E-state index is 14.0. The summed E-state index contributed by atoms with van der Waals surface area (Å²) in [6.45, 7) is 5.47. The van der Waals surface area contributed by atoms with Crippen LogP contribution in [0.25, 0.3) is 10.9 Å². The van der Waals surface area contributed by atoms with E-state index >= 15 is 0 Å². The molecule has 45 heavy (non-hydrogen) atoms. The molecule has 1 aliphatic rings. The van der Waals surface area contributed by atoms with Crippen LogP contribution in [-0.4, -0.2) is 49.2 Å². The van der Waals surface area contributed by atoms with Crippen LogP contribution in [0.5, 0.6) is 0 Å². The Morgan fingerprint density at radius 1 is 1.29 bits per heavy atom. The van der Waals surface area contributed by atoms with Gasteiger partial charge in [-0.25, -0.2) is 23.0 Å². The van der Waals surface area contributed by atoms with E-state index in [9.17, 15) is 19.0 Å². The molecular weight excluding hydrogens is 628 g/mol. The zero-order valence-electron chi connectivity index (χ0n) is 24.5. The van der Waals surface area contributed by atoms with Gasteiger partial charge < -0.3 is 19.8 Å². The molecule has 0 saturated heterocycles. The molecule has 2 heterocycles. The fraction of sp³-hybridized carbons (Fsp3) is 0.345. The number of nitrogens with zero attached hydrogens (tertiary/aromatic N) is 6. The number of rotatable bonds is 10.